The predicted octanol–water partition coefficient (Wildman–Crippen LogP) is 1.42. The van der Waals surface area contributed by atoms with Crippen molar-refractivity contribution in [3.8, 4) is 0 Å². The summed E-state index contributed by atoms with van der Waals surface area (Å²) in [7, 11) is 0. The van der Waals surface area contributed by atoms with Crippen LogP contribution in [0, 0.1) is 0 Å². The molecule has 7 nitrogen and oxygen atoms in total. The Labute approximate surface area is 128 Å². The van der Waals surface area contributed by atoms with Crippen molar-refractivity contribution in [1.29, 1.82) is 0 Å². The predicted molar refractivity (Wildman–Crippen MR) is 79.1 cm³/mol. The largest absolute Gasteiger partial charge is 0.476 e. The number of carboxylic acid groups (broad SMARTS) is 1. The Kier molecular flexibility index (Phi) is 5.24. The summed E-state index contributed by atoms with van der Waals surface area (Å²) in [6, 6.07) is 9.72. The summed E-state index contributed by atoms with van der Waals surface area (Å²) < 4.78 is 1.25. The zero-order chi connectivity index (χ0) is 15.9. The van der Waals surface area contributed by atoms with Crippen molar-refractivity contribution in [2.75, 3.05) is 6.54 Å². The second-order valence-corrected chi connectivity index (χ2v) is 4.91. The highest BCUT2D eigenvalue weighted by molar-refractivity contribution is 5.84. The summed E-state index contributed by atoms with van der Waals surface area (Å²) in [5.74, 6) is -1.28. The molecule has 0 saturated carbocycles. The number of carbonyl (C=O) groups is 2. The third kappa shape index (κ3) is 4.15. The molecule has 1 aromatic heterocycles. The lowest BCUT2D eigenvalue weighted by Crippen LogP contribution is -2.34. The highest BCUT2D eigenvalue weighted by atomic mass is 16.4. The van der Waals surface area contributed by atoms with E-state index in [4.69, 9.17) is 5.11 Å². The molecule has 1 heterocycles. The minimum atomic E-state index is -1.16. The fourth-order valence-corrected chi connectivity index (χ4v) is 2.08. The number of hydrogen-bond donors (Lipinski definition) is 1. The van der Waals surface area contributed by atoms with Crippen LogP contribution >= 0.6 is 0 Å². The second kappa shape index (κ2) is 7.35. The topological polar surface area (TPSA) is 88.3 Å². The van der Waals surface area contributed by atoms with Crippen molar-refractivity contribution in [3.63, 3.8) is 0 Å². The van der Waals surface area contributed by atoms with E-state index in [1.165, 1.54) is 10.9 Å². The highest BCUT2D eigenvalue weighted by Crippen LogP contribution is 2.06. The summed E-state index contributed by atoms with van der Waals surface area (Å²) in [5.41, 5.74) is 0.881. The van der Waals surface area contributed by atoms with Gasteiger partial charge in [0.2, 0.25) is 5.91 Å². The molecule has 2 rings (SSSR count). The summed E-state index contributed by atoms with van der Waals surface area (Å²) in [6.45, 7) is 3.14. The average Bonchev–Trinajstić information content (AvgIpc) is 2.96. The molecule has 0 spiro atoms. The lowest BCUT2D eigenvalue weighted by molar-refractivity contribution is -0.132. The molecule has 1 amide bonds. The minimum absolute atomic E-state index is 0.0207. The van der Waals surface area contributed by atoms with Crippen LogP contribution in [0.3, 0.4) is 0 Å². The Bertz CT molecular complexity index is 639. The fourth-order valence-electron chi connectivity index (χ4n) is 2.08. The monoisotopic (exact) mass is 302 g/mol. The number of hydrogen-bond acceptors (Lipinski definition) is 4. The van der Waals surface area contributed by atoms with E-state index in [1.54, 1.807) is 4.90 Å². The molecule has 2 aromatic rings. The van der Waals surface area contributed by atoms with Gasteiger partial charge >= 0.3 is 5.97 Å². The first-order chi connectivity index (χ1) is 10.6. The van der Waals surface area contributed by atoms with Crippen molar-refractivity contribution in [3.05, 3.63) is 47.8 Å². The van der Waals surface area contributed by atoms with E-state index in [2.05, 4.69) is 10.3 Å². The van der Waals surface area contributed by atoms with Crippen LogP contribution in [0.25, 0.3) is 0 Å². The first-order valence-corrected chi connectivity index (χ1v) is 7.05. The smallest absolute Gasteiger partial charge is 0.358 e. The van der Waals surface area contributed by atoms with Gasteiger partial charge in [0.25, 0.3) is 0 Å². The fraction of sp³-hybridized carbons (Fsp3) is 0.333. The standard InChI is InChI=1S/C15H18N4O3/c1-2-8-18(9-12-6-4-3-5-7-12)14(20)11-19-10-13(15(21)22)16-17-19/h3-7,10H,2,8-9,11H2,1H3,(H,21,22). The Morgan fingerprint density at radius 3 is 2.59 bits per heavy atom. The van der Waals surface area contributed by atoms with Crippen LogP contribution in [0.5, 0.6) is 0 Å². The maximum absolute atomic E-state index is 12.4. The summed E-state index contributed by atoms with van der Waals surface area (Å²) >= 11 is 0. The van der Waals surface area contributed by atoms with Crippen LogP contribution < -0.4 is 0 Å². The van der Waals surface area contributed by atoms with Gasteiger partial charge < -0.3 is 10.0 Å². The molecule has 0 aliphatic rings. The molecule has 7 heteroatoms. The number of rotatable bonds is 7. The van der Waals surface area contributed by atoms with Gasteiger partial charge in [-0.15, -0.1) is 5.10 Å². The summed E-state index contributed by atoms with van der Waals surface area (Å²) in [4.78, 5) is 24.9. The average molecular weight is 302 g/mol. The molecule has 0 aliphatic heterocycles. The van der Waals surface area contributed by atoms with Crippen molar-refractivity contribution >= 4 is 11.9 Å². The Balaban J connectivity index is 2.03. The first-order valence-electron chi connectivity index (χ1n) is 7.05. The zero-order valence-corrected chi connectivity index (χ0v) is 12.3. The lowest BCUT2D eigenvalue weighted by atomic mass is 10.2. The van der Waals surface area contributed by atoms with Gasteiger partial charge in [-0.2, -0.15) is 0 Å². The van der Waals surface area contributed by atoms with Crippen LogP contribution in [0.1, 0.15) is 29.4 Å². The molecule has 22 heavy (non-hydrogen) atoms. The maximum atomic E-state index is 12.4. The van der Waals surface area contributed by atoms with E-state index in [0.29, 0.717) is 13.1 Å². The molecule has 0 fully saturated rings. The van der Waals surface area contributed by atoms with Crippen LogP contribution in [0.15, 0.2) is 36.5 Å². The van der Waals surface area contributed by atoms with Crippen LogP contribution in [0.4, 0.5) is 0 Å². The molecule has 0 radical (unpaired) electrons. The Morgan fingerprint density at radius 2 is 2.00 bits per heavy atom. The van der Waals surface area contributed by atoms with E-state index in [0.717, 1.165) is 12.0 Å². The molecule has 0 unspecified atom stereocenters. The van der Waals surface area contributed by atoms with Crippen LogP contribution in [0.2, 0.25) is 0 Å². The number of aromatic nitrogens is 3. The van der Waals surface area contributed by atoms with Crippen molar-refractivity contribution in [2.24, 2.45) is 0 Å². The maximum Gasteiger partial charge on any atom is 0.358 e. The van der Waals surface area contributed by atoms with Crippen LogP contribution in [-0.2, 0) is 17.9 Å². The van der Waals surface area contributed by atoms with Gasteiger partial charge in [-0.05, 0) is 12.0 Å². The highest BCUT2D eigenvalue weighted by Gasteiger charge is 2.16. The van der Waals surface area contributed by atoms with E-state index in [9.17, 15) is 9.59 Å². The Morgan fingerprint density at radius 1 is 1.27 bits per heavy atom. The van der Waals surface area contributed by atoms with Gasteiger partial charge in [-0.3, -0.25) is 4.79 Å². The number of carboxylic acids is 1. The molecule has 0 aliphatic carbocycles. The van der Waals surface area contributed by atoms with Gasteiger partial charge in [0.15, 0.2) is 5.69 Å². The third-order valence-electron chi connectivity index (χ3n) is 3.12. The number of benzene rings is 1. The van der Waals surface area contributed by atoms with Crippen LogP contribution in [-0.4, -0.2) is 43.4 Å². The van der Waals surface area contributed by atoms with Gasteiger partial charge in [0.1, 0.15) is 6.54 Å². The van der Waals surface area contributed by atoms with E-state index in [1.807, 2.05) is 37.3 Å². The summed E-state index contributed by atoms with van der Waals surface area (Å²) in [6.07, 6.45) is 2.10. The SMILES string of the molecule is CCCN(Cc1ccccc1)C(=O)Cn1cc(C(=O)O)nn1. The van der Waals surface area contributed by atoms with E-state index < -0.39 is 5.97 Å². The van der Waals surface area contributed by atoms with Gasteiger partial charge in [-0.1, -0.05) is 42.5 Å². The lowest BCUT2D eigenvalue weighted by Gasteiger charge is -2.22. The minimum Gasteiger partial charge on any atom is -0.476 e. The second-order valence-electron chi connectivity index (χ2n) is 4.91. The quantitative estimate of drug-likeness (QED) is 0.835. The Hall–Kier alpha value is -2.70. The molecular formula is C15H18N4O3. The molecule has 1 N–H and O–H groups in total. The number of nitrogens with zero attached hydrogens (tertiary/aromatic N) is 4. The van der Waals surface area contributed by atoms with Crippen molar-refractivity contribution in [2.45, 2.75) is 26.4 Å². The first kappa shape index (κ1) is 15.7. The zero-order valence-electron chi connectivity index (χ0n) is 12.3. The van der Waals surface area contributed by atoms with Gasteiger partial charge in [0.05, 0.1) is 6.20 Å². The summed E-state index contributed by atoms with van der Waals surface area (Å²) in [5, 5.41) is 16.0. The van der Waals surface area contributed by atoms with Crippen molar-refractivity contribution < 1.29 is 14.7 Å². The number of amides is 1. The van der Waals surface area contributed by atoms with Gasteiger partial charge in [-0.25, -0.2) is 9.48 Å². The molecule has 116 valence electrons. The number of aromatic carboxylic acids is 1. The molecule has 0 saturated heterocycles. The van der Waals surface area contributed by atoms with Gasteiger partial charge in [0, 0.05) is 13.1 Å². The van der Waals surface area contributed by atoms with E-state index in [-0.39, 0.29) is 18.1 Å². The molecular weight excluding hydrogens is 284 g/mol. The molecule has 1 aromatic carbocycles. The molecule has 0 bridgehead atoms. The van der Waals surface area contributed by atoms with E-state index >= 15 is 0 Å². The number of carbonyl (C=O) groups excluding carboxylic acids is 1. The molecule has 0 atom stereocenters. The normalized spacial score (nSPS) is 10.4. The third-order valence-corrected chi connectivity index (χ3v) is 3.12. The van der Waals surface area contributed by atoms with Crippen molar-refractivity contribution in [1.82, 2.24) is 19.9 Å².